The molecule has 0 unspecified atom stereocenters. The molecule has 1 saturated heterocycles. The molecular formula is C12H10N2O2S2. The van der Waals surface area contributed by atoms with Crippen LogP contribution in [0.4, 0.5) is 0 Å². The summed E-state index contributed by atoms with van der Waals surface area (Å²) in [6, 6.07) is 7.62. The van der Waals surface area contributed by atoms with E-state index in [1.54, 1.807) is 4.90 Å². The van der Waals surface area contributed by atoms with Gasteiger partial charge in [0.15, 0.2) is 11.5 Å². The monoisotopic (exact) mass is 278 g/mol. The molecule has 4 nitrogen and oxygen atoms in total. The minimum Gasteiger partial charge on any atom is -0.441 e. The van der Waals surface area contributed by atoms with E-state index in [0.29, 0.717) is 28.9 Å². The maximum absolute atomic E-state index is 11.5. The average Bonchev–Trinajstić information content (AvgIpc) is 2.91. The van der Waals surface area contributed by atoms with Gasteiger partial charge in [0.1, 0.15) is 9.84 Å². The quantitative estimate of drug-likeness (QED) is 0.806. The number of para-hydroxylation sites is 2. The molecular weight excluding hydrogens is 268 g/mol. The molecule has 0 saturated carbocycles. The van der Waals surface area contributed by atoms with Gasteiger partial charge in [0, 0.05) is 13.0 Å². The molecule has 0 radical (unpaired) electrons. The van der Waals surface area contributed by atoms with Crippen molar-refractivity contribution < 1.29 is 9.21 Å². The minimum atomic E-state index is 0.0705. The summed E-state index contributed by atoms with van der Waals surface area (Å²) in [5.74, 6) is 1.16. The number of carbonyl (C=O) groups is 1. The van der Waals surface area contributed by atoms with Crippen LogP contribution in [0.15, 0.2) is 28.7 Å². The number of oxazole rings is 1. The second-order valence-corrected chi connectivity index (χ2v) is 5.53. The predicted molar refractivity (Wildman–Crippen MR) is 74.5 cm³/mol. The Kier molecular flexibility index (Phi) is 3.05. The van der Waals surface area contributed by atoms with Crippen molar-refractivity contribution in [1.82, 2.24) is 9.88 Å². The van der Waals surface area contributed by atoms with Crippen LogP contribution >= 0.6 is 24.0 Å². The van der Waals surface area contributed by atoms with Crippen LogP contribution in [0.2, 0.25) is 0 Å². The lowest BCUT2D eigenvalue weighted by Gasteiger charge is -2.12. The Bertz CT molecular complexity index is 574. The van der Waals surface area contributed by atoms with Crippen LogP contribution in [0.3, 0.4) is 0 Å². The van der Waals surface area contributed by atoms with Gasteiger partial charge in [-0.1, -0.05) is 36.1 Å². The van der Waals surface area contributed by atoms with Gasteiger partial charge in [0.2, 0.25) is 5.91 Å². The molecule has 18 heavy (non-hydrogen) atoms. The number of hydrogen-bond donors (Lipinski definition) is 0. The maximum atomic E-state index is 11.5. The Balaban J connectivity index is 1.73. The molecule has 2 aromatic rings. The zero-order chi connectivity index (χ0) is 12.5. The molecule has 3 rings (SSSR count). The third kappa shape index (κ3) is 2.13. The Morgan fingerprint density at radius 1 is 1.44 bits per heavy atom. The summed E-state index contributed by atoms with van der Waals surface area (Å²) in [6.07, 6.45) is 0.584. The fourth-order valence-corrected chi connectivity index (χ4v) is 2.95. The lowest BCUT2D eigenvalue weighted by Crippen LogP contribution is -2.30. The molecule has 1 amide bonds. The molecule has 1 aromatic heterocycles. The van der Waals surface area contributed by atoms with Crippen molar-refractivity contribution in [1.29, 1.82) is 0 Å². The third-order valence-corrected chi connectivity index (χ3v) is 4.16. The molecule has 0 spiro atoms. The van der Waals surface area contributed by atoms with Crippen LogP contribution < -0.4 is 0 Å². The highest BCUT2D eigenvalue weighted by molar-refractivity contribution is 8.23. The molecule has 0 atom stereocenters. The van der Waals surface area contributed by atoms with Gasteiger partial charge in [-0.3, -0.25) is 9.69 Å². The average molecular weight is 278 g/mol. The van der Waals surface area contributed by atoms with Gasteiger partial charge in [-0.05, 0) is 12.1 Å². The van der Waals surface area contributed by atoms with E-state index >= 15 is 0 Å². The SMILES string of the molecule is O=C1CSC(=S)N1CCc1nc2ccccc2o1. The maximum Gasteiger partial charge on any atom is 0.238 e. The van der Waals surface area contributed by atoms with Crippen molar-refractivity contribution >= 4 is 45.3 Å². The number of fused-ring (bicyclic) bond motifs is 1. The fraction of sp³-hybridized carbons (Fsp3) is 0.250. The Labute approximate surface area is 113 Å². The first-order valence-corrected chi connectivity index (χ1v) is 6.95. The molecule has 0 bridgehead atoms. The van der Waals surface area contributed by atoms with Crippen LogP contribution in [0, 0.1) is 0 Å². The molecule has 1 aliphatic heterocycles. The number of thioether (sulfide) groups is 1. The van der Waals surface area contributed by atoms with Gasteiger partial charge in [-0.2, -0.15) is 0 Å². The summed E-state index contributed by atoms with van der Waals surface area (Å²) in [6.45, 7) is 0.539. The van der Waals surface area contributed by atoms with Crippen LogP contribution in [0.5, 0.6) is 0 Å². The standard InChI is InChI=1S/C12H10N2O2S2/c15-11-7-18-12(17)14(11)6-5-10-13-8-3-1-2-4-9(8)16-10/h1-4H,5-7H2. The van der Waals surface area contributed by atoms with E-state index in [1.165, 1.54) is 11.8 Å². The van der Waals surface area contributed by atoms with Gasteiger partial charge in [0.25, 0.3) is 0 Å². The van der Waals surface area contributed by atoms with Gasteiger partial charge in [-0.25, -0.2) is 4.98 Å². The summed E-state index contributed by atoms with van der Waals surface area (Å²) in [7, 11) is 0. The second kappa shape index (κ2) is 4.70. The molecule has 92 valence electrons. The normalized spacial score (nSPS) is 15.9. The summed E-state index contributed by atoms with van der Waals surface area (Å²) >= 11 is 6.52. The summed E-state index contributed by atoms with van der Waals surface area (Å²) in [4.78, 5) is 17.5. The van der Waals surface area contributed by atoms with Gasteiger partial charge >= 0.3 is 0 Å². The molecule has 1 aliphatic rings. The zero-order valence-corrected chi connectivity index (χ0v) is 11.1. The highest BCUT2D eigenvalue weighted by Gasteiger charge is 2.26. The van der Waals surface area contributed by atoms with Crippen molar-refractivity contribution in [2.45, 2.75) is 6.42 Å². The first-order valence-electron chi connectivity index (χ1n) is 5.55. The van der Waals surface area contributed by atoms with Gasteiger partial charge < -0.3 is 4.42 Å². The van der Waals surface area contributed by atoms with E-state index in [0.717, 1.165) is 11.1 Å². The van der Waals surface area contributed by atoms with E-state index in [-0.39, 0.29) is 5.91 Å². The van der Waals surface area contributed by atoms with Gasteiger partial charge in [-0.15, -0.1) is 0 Å². The lowest BCUT2D eigenvalue weighted by atomic mass is 10.3. The largest absolute Gasteiger partial charge is 0.441 e. The van der Waals surface area contributed by atoms with E-state index in [1.807, 2.05) is 24.3 Å². The van der Waals surface area contributed by atoms with Crippen molar-refractivity contribution in [3.05, 3.63) is 30.2 Å². The molecule has 0 N–H and O–H groups in total. The molecule has 1 aromatic carbocycles. The summed E-state index contributed by atoms with van der Waals surface area (Å²) in [5.41, 5.74) is 1.62. The first kappa shape index (κ1) is 11.7. The van der Waals surface area contributed by atoms with Crippen LogP contribution in [-0.2, 0) is 11.2 Å². The highest BCUT2D eigenvalue weighted by atomic mass is 32.2. The summed E-state index contributed by atoms with van der Waals surface area (Å²) in [5, 5.41) is 0. The Hall–Kier alpha value is -1.40. The van der Waals surface area contributed by atoms with Crippen LogP contribution in [0.1, 0.15) is 5.89 Å². The second-order valence-electron chi connectivity index (χ2n) is 3.93. The van der Waals surface area contributed by atoms with Crippen molar-refractivity contribution in [2.75, 3.05) is 12.3 Å². The number of amides is 1. The lowest BCUT2D eigenvalue weighted by molar-refractivity contribution is -0.124. The molecule has 0 aliphatic carbocycles. The van der Waals surface area contributed by atoms with E-state index in [9.17, 15) is 4.79 Å². The Morgan fingerprint density at radius 2 is 2.28 bits per heavy atom. The zero-order valence-electron chi connectivity index (χ0n) is 9.46. The summed E-state index contributed by atoms with van der Waals surface area (Å²) < 4.78 is 6.25. The van der Waals surface area contributed by atoms with Crippen molar-refractivity contribution in [3.8, 4) is 0 Å². The van der Waals surface area contributed by atoms with E-state index in [2.05, 4.69) is 4.98 Å². The van der Waals surface area contributed by atoms with E-state index < -0.39 is 0 Å². The highest BCUT2D eigenvalue weighted by Crippen LogP contribution is 2.20. The number of aromatic nitrogens is 1. The third-order valence-electron chi connectivity index (χ3n) is 2.73. The number of hydrogen-bond acceptors (Lipinski definition) is 5. The van der Waals surface area contributed by atoms with Gasteiger partial charge in [0.05, 0.1) is 5.75 Å². The number of rotatable bonds is 3. The van der Waals surface area contributed by atoms with Crippen LogP contribution in [-0.4, -0.2) is 32.4 Å². The number of nitrogens with zero attached hydrogens (tertiary/aromatic N) is 2. The van der Waals surface area contributed by atoms with E-state index in [4.69, 9.17) is 16.6 Å². The fourth-order valence-electron chi connectivity index (χ4n) is 1.83. The Morgan fingerprint density at radius 3 is 3.00 bits per heavy atom. The van der Waals surface area contributed by atoms with Crippen molar-refractivity contribution in [3.63, 3.8) is 0 Å². The number of thiocarbonyl (C=S) groups is 1. The number of benzene rings is 1. The van der Waals surface area contributed by atoms with Crippen LogP contribution in [0.25, 0.3) is 11.1 Å². The van der Waals surface area contributed by atoms with Crippen molar-refractivity contribution in [2.24, 2.45) is 0 Å². The number of carbonyl (C=O) groups excluding carboxylic acids is 1. The molecule has 2 heterocycles. The molecule has 1 fully saturated rings. The predicted octanol–water partition coefficient (Wildman–Crippen LogP) is 2.23. The first-order chi connectivity index (χ1) is 8.74. The minimum absolute atomic E-state index is 0.0705. The smallest absolute Gasteiger partial charge is 0.238 e. The topological polar surface area (TPSA) is 46.3 Å². The molecule has 6 heteroatoms.